The van der Waals surface area contributed by atoms with Crippen molar-refractivity contribution < 1.29 is 14.0 Å². The van der Waals surface area contributed by atoms with Gasteiger partial charge in [-0.25, -0.2) is 9.37 Å². The number of halogens is 1. The van der Waals surface area contributed by atoms with Gasteiger partial charge in [-0.2, -0.15) is 0 Å². The number of Topliss-reactive ketones (excluding diaryl/α,β-unsaturated/α-hetero) is 1. The number of pyridine rings is 1. The summed E-state index contributed by atoms with van der Waals surface area (Å²) in [5, 5.41) is 4.91. The molecule has 0 radical (unpaired) electrons. The van der Waals surface area contributed by atoms with E-state index in [0.717, 1.165) is 16.5 Å². The van der Waals surface area contributed by atoms with Crippen LogP contribution in [0.3, 0.4) is 0 Å². The van der Waals surface area contributed by atoms with E-state index in [1.165, 1.54) is 6.07 Å². The van der Waals surface area contributed by atoms with Crippen LogP contribution in [0.15, 0.2) is 96.3 Å². The average Bonchev–Trinajstić information content (AvgIpc) is 3.63. The molecule has 3 heterocycles. The normalized spacial score (nSPS) is 13.5. The number of fused-ring (bicyclic) bond motifs is 2. The Morgan fingerprint density at radius 2 is 1.82 bits per heavy atom. The number of carbonyl (C=O) groups is 2. The van der Waals surface area contributed by atoms with Crippen LogP contribution in [0.25, 0.3) is 33.3 Å². The molecule has 3 aromatic carbocycles. The summed E-state index contributed by atoms with van der Waals surface area (Å²) in [7, 11) is 0. The Morgan fingerprint density at radius 1 is 1.00 bits per heavy atom. The molecule has 192 valence electrons. The molecule has 0 fully saturated rings. The number of nitrogens with one attached hydrogen (secondary N) is 2. The van der Waals surface area contributed by atoms with E-state index in [9.17, 15) is 14.0 Å². The number of rotatable bonds is 8. The highest BCUT2D eigenvalue weighted by Gasteiger charge is 2.25. The molecule has 2 N–H and O–H groups in total. The lowest BCUT2D eigenvalue weighted by Gasteiger charge is -2.18. The fourth-order valence-corrected chi connectivity index (χ4v) is 4.70. The molecule has 1 aliphatic rings. The predicted octanol–water partition coefficient (Wildman–Crippen LogP) is 5.58. The summed E-state index contributed by atoms with van der Waals surface area (Å²) >= 11 is 0. The highest BCUT2D eigenvalue weighted by molar-refractivity contribution is 6.07. The molecule has 8 heteroatoms. The highest BCUT2D eigenvalue weighted by atomic mass is 19.1. The number of aliphatic imine (C=N–C) groups is 1. The summed E-state index contributed by atoms with van der Waals surface area (Å²) in [5.74, 6) is -0.482. The van der Waals surface area contributed by atoms with E-state index in [4.69, 9.17) is 0 Å². The second-order valence-electron chi connectivity index (χ2n) is 9.48. The number of aromatic nitrogens is 3. The third-order valence-corrected chi connectivity index (χ3v) is 6.79. The minimum Gasteiger partial charge on any atom is -0.342 e. The average molecular weight is 518 g/mol. The monoisotopic (exact) mass is 517 g/mol. The zero-order valence-corrected chi connectivity index (χ0v) is 20.9. The molecule has 0 spiro atoms. The van der Waals surface area contributed by atoms with Crippen LogP contribution in [0.1, 0.15) is 28.8 Å². The van der Waals surface area contributed by atoms with Gasteiger partial charge < -0.3 is 10.3 Å². The standard InChI is InChI=1S/C31H24FN5O2/c32-24-10-4-3-7-20(24)15-27(29(38)17-23-9-5-13-33-23)37-31(39)21-11-12-25-26(16-21)36-30(35-25)28-14-19-6-1-2-8-22(19)18-34-28/h1-8,10-14,16,18,27H,9,15,17H2,(H,35,36)(H,37,39)/t27-/m0/s1. The number of amides is 1. The number of allylic oxidation sites excluding steroid dienone is 1. The smallest absolute Gasteiger partial charge is 0.251 e. The zero-order valence-electron chi connectivity index (χ0n) is 20.9. The van der Waals surface area contributed by atoms with Gasteiger partial charge in [0.05, 0.1) is 17.1 Å². The minimum atomic E-state index is -0.910. The van der Waals surface area contributed by atoms with Gasteiger partial charge in [0, 0.05) is 48.3 Å². The summed E-state index contributed by atoms with van der Waals surface area (Å²) in [6.07, 6.45) is 6.06. The Bertz CT molecular complexity index is 1790. The van der Waals surface area contributed by atoms with Crippen LogP contribution in [0.2, 0.25) is 0 Å². The van der Waals surface area contributed by atoms with Crippen LogP contribution in [-0.4, -0.2) is 38.4 Å². The van der Waals surface area contributed by atoms with Crippen molar-refractivity contribution in [2.75, 3.05) is 0 Å². The van der Waals surface area contributed by atoms with Gasteiger partial charge in [-0.05, 0) is 41.3 Å². The lowest BCUT2D eigenvalue weighted by molar-refractivity contribution is -0.119. The van der Waals surface area contributed by atoms with Crippen LogP contribution in [0.4, 0.5) is 4.39 Å². The molecule has 2 aromatic heterocycles. The molecule has 1 atom stereocenters. The number of carbonyl (C=O) groups excluding carboxylic acids is 2. The van der Waals surface area contributed by atoms with Gasteiger partial charge in [0.2, 0.25) is 0 Å². The van der Waals surface area contributed by atoms with Crippen LogP contribution >= 0.6 is 0 Å². The summed E-state index contributed by atoms with van der Waals surface area (Å²) in [6.45, 7) is 0. The van der Waals surface area contributed by atoms with E-state index in [1.807, 2.05) is 36.4 Å². The minimum absolute atomic E-state index is 0.0437. The third kappa shape index (κ3) is 5.22. The molecule has 1 aliphatic heterocycles. The Balaban J connectivity index is 1.25. The number of ketones is 1. The van der Waals surface area contributed by atoms with Crippen molar-refractivity contribution in [1.82, 2.24) is 20.3 Å². The molecule has 1 amide bonds. The van der Waals surface area contributed by atoms with Gasteiger partial charge in [0.1, 0.15) is 11.5 Å². The van der Waals surface area contributed by atoms with Crippen molar-refractivity contribution in [3.8, 4) is 11.5 Å². The lowest BCUT2D eigenvalue weighted by atomic mass is 9.97. The number of hydrogen-bond donors (Lipinski definition) is 2. The van der Waals surface area contributed by atoms with Crippen molar-refractivity contribution in [2.45, 2.75) is 25.3 Å². The van der Waals surface area contributed by atoms with Crippen molar-refractivity contribution in [1.29, 1.82) is 0 Å². The predicted molar refractivity (Wildman–Crippen MR) is 149 cm³/mol. The Kier molecular flexibility index (Phi) is 6.50. The molecule has 0 aliphatic carbocycles. The number of H-pyrrole nitrogens is 1. The Morgan fingerprint density at radius 3 is 2.64 bits per heavy atom. The molecule has 6 rings (SSSR count). The van der Waals surface area contributed by atoms with Crippen LogP contribution in [-0.2, 0) is 11.2 Å². The maximum atomic E-state index is 14.4. The van der Waals surface area contributed by atoms with E-state index in [0.29, 0.717) is 40.1 Å². The molecule has 39 heavy (non-hydrogen) atoms. The van der Waals surface area contributed by atoms with Crippen molar-refractivity contribution in [3.05, 3.63) is 108 Å². The van der Waals surface area contributed by atoms with Crippen molar-refractivity contribution in [3.63, 3.8) is 0 Å². The van der Waals surface area contributed by atoms with Gasteiger partial charge in [-0.15, -0.1) is 0 Å². The second kappa shape index (κ2) is 10.4. The Hall–Kier alpha value is -4.98. The van der Waals surface area contributed by atoms with Crippen molar-refractivity contribution in [2.24, 2.45) is 4.99 Å². The van der Waals surface area contributed by atoms with Crippen LogP contribution < -0.4 is 5.32 Å². The van der Waals surface area contributed by atoms with E-state index < -0.39 is 17.8 Å². The SMILES string of the molecule is O=C(N[C@@H](Cc1ccccc1F)C(=O)CC1=NC=CC1)c1ccc2nc(-c3cc4ccccc4cn3)[nH]c2c1. The fraction of sp³-hybridized carbons (Fsp3) is 0.129. The first-order valence-electron chi connectivity index (χ1n) is 12.7. The first-order valence-corrected chi connectivity index (χ1v) is 12.7. The first-order chi connectivity index (χ1) is 19.0. The van der Waals surface area contributed by atoms with E-state index in [1.54, 1.807) is 48.8 Å². The van der Waals surface area contributed by atoms with Gasteiger partial charge in [-0.3, -0.25) is 19.6 Å². The summed E-state index contributed by atoms with van der Waals surface area (Å²) in [4.78, 5) is 43.1. The van der Waals surface area contributed by atoms with Crippen molar-refractivity contribution >= 4 is 39.2 Å². The topological polar surface area (TPSA) is 100 Å². The molecule has 0 saturated heterocycles. The van der Waals surface area contributed by atoms with Crippen LogP contribution in [0.5, 0.6) is 0 Å². The molecular formula is C31H24FN5O2. The Labute approximate surface area is 223 Å². The fourth-order valence-electron chi connectivity index (χ4n) is 4.70. The van der Waals surface area contributed by atoms with Gasteiger partial charge in [0.15, 0.2) is 11.6 Å². The summed E-state index contributed by atoms with van der Waals surface area (Å²) in [5.41, 5.74) is 3.48. The van der Waals surface area contributed by atoms with Gasteiger partial charge in [0.25, 0.3) is 5.91 Å². The summed E-state index contributed by atoms with van der Waals surface area (Å²) < 4.78 is 14.4. The molecule has 0 saturated carbocycles. The van der Waals surface area contributed by atoms with E-state index >= 15 is 0 Å². The molecule has 7 nitrogen and oxygen atoms in total. The zero-order chi connectivity index (χ0) is 26.8. The number of benzene rings is 3. The lowest BCUT2D eigenvalue weighted by Crippen LogP contribution is -2.43. The molecule has 0 unspecified atom stereocenters. The molecule has 5 aromatic rings. The number of nitrogens with zero attached hydrogens (tertiary/aromatic N) is 3. The quantitative estimate of drug-likeness (QED) is 0.281. The van der Waals surface area contributed by atoms with Gasteiger partial charge >= 0.3 is 0 Å². The number of hydrogen-bond acceptors (Lipinski definition) is 5. The molecular weight excluding hydrogens is 493 g/mol. The van der Waals surface area contributed by atoms with Gasteiger partial charge in [-0.1, -0.05) is 48.5 Å². The maximum Gasteiger partial charge on any atom is 0.251 e. The second-order valence-corrected chi connectivity index (χ2v) is 9.48. The van der Waals surface area contributed by atoms with Crippen LogP contribution in [0, 0.1) is 5.82 Å². The maximum absolute atomic E-state index is 14.4. The highest BCUT2D eigenvalue weighted by Crippen LogP contribution is 2.23. The number of aromatic amines is 1. The first kappa shape index (κ1) is 24.4. The number of imidazole rings is 1. The van der Waals surface area contributed by atoms with E-state index in [2.05, 4.69) is 25.3 Å². The van der Waals surface area contributed by atoms with E-state index in [-0.39, 0.29) is 18.6 Å². The summed E-state index contributed by atoms with van der Waals surface area (Å²) in [6, 6.07) is 20.4. The molecule has 0 bridgehead atoms. The third-order valence-electron chi connectivity index (χ3n) is 6.79. The largest absolute Gasteiger partial charge is 0.342 e.